The lowest BCUT2D eigenvalue weighted by Gasteiger charge is -2.02. The highest BCUT2D eigenvalue weighted by molar-refractivity contribution is 6.30. The second kappa shape index (κ2) is 3.85. The Kier molecular flexibility index (Phi) is 2.80. The van der Waals surface area contributed by atoms with Crippen molar-refractivity contribution in [1.29, 1.82) is 0 Å². The Labute approximate surface area is 74.3 Å². The molecule has 4 nitrogen and oxygen atoms in total. The van der Waals surface area contributed by atoms with Gasteiger partial charge in [0.25, 0.3) is 0 Å². The summed E-state index contributed by atoms with van der Waals surface area (Å²) >= 11 is 5.68. The molecule has 0 amide bonds. The Hall–Kier alpha value is -1.38. The van der Waals surface area contributed by atoms with Gasteiger partial charge in [-0.3, -0.25) is 0 Å². The van der Waals surface area contributed by atoms with Gasteiger partial charge in [0.2, 0.25) is 0 Å². The van der Waals surface area contributed by atoms with Crippen molar-refractivity contribution in [3.63, 3.8) is 0 Å². The minimum absolute atomic E-state index is 0.435. The predicted octanol–water partition coefficient (Wildman–Crippen LogP) is 3.29. The number of azide groups is 1. The lowest BCUT2D eigenvalue weighted by molar-refractivity contribution is 0.416. The molecule has 0 spiro atoms. The van der Waals surface area contributed by atoms with Gasteiger partial charge in [-0.05, 0) is 23.7 Å². The smallest absolute Gasteiger partial charge is 0.129 e. The topological polar surface area (TPSA) is 58.0 Å². The Morgan fingerprint density at radius 2 is 2.33 bits per heavy atom. The number of hydrogen-bond acceptors (Lipinski definition) is 2. The zero-order chi connectivity index (χ0) is 8.97. The van der Waals surface area contributed by atoms with Crippen LogP contribution in [0, 0.1) is 0 Å². The van der Waals surface area contributed by atoms with E-state index in [0.29, 0.717) is 16.5 Å². The molecule has 12 heavy (non-hydrogen) atoms. The summed E-state index contributed by atoms with van der Waals surface area (Å²) in [5.74, 6) is 0.473. The molecule has 0 N–H and O–H groups in total. The van der Waals surface area contributed by atoms with Crippen LogP contribution in [0.5, 0.6) is 5.75 Å². The standard InChI is InChI=1S/C7H6ClN3O/c1-12-7-4-5(8)2-3-6(7)10-11-9/h2-4H,1H3. The molecular formula is C7H6ClN3O. The van der Waals surface area contributed by atoms with Crippen LogP contribution in [0.3, 0.4) is 0 Å². The third kappa shape index (κ3) is 1.81. The largest absolute Gasteiger partial charge is 0.496 e. The quantitative estimate of drug-likeness (QED) is 0.394. The van der Waals surface area contributed by atoms with Crippen LogP contribution in [0.2, 0.25) is 5.02 Å². The van der Waals surface area contributed by atoms with Gasteiger partial charge in [-0.2, -0.15) is 0 Å². The first kappa shape index (κ1) is 8.71. The van der Waals surface area contributed by atoms with E-state index in [1.54, 1.807) is 18.2 Å². The summed E-state index contributed by atoms with van der Waals surface area (Å²) in [7, 11) is 1.49. The fourth-order valence-corrected chi connectivity index (χ4v) is 0.944. The third-order valence-corrected chi connectivity index (χ3v) is 1.53. The zero-order valence-electron chi connectivity index (χ0n) is 6.36. The first-order chi connectivity index (χ1) is 5.77. The van der Waals surface area contributed by atoms with Gasteiger partial charge in [-0.1, -0.05) is 16.7 Å². The Morgan fingerprint density at radius 3 is 2.92 bits per heavy atom. The van der Waals surface area contributed by atoms with Crippen LogP contribution in [-0.4, -0.2) is 7.11 Å². The third-order valence-electron chi connectivity index (χ3n) is 1.29. The van der Waals surface area contributed by atoms with E-state index in [1.807, 2.05) is 0 Å². The van der Waals surface area contributed by atoms with E-state index < -0.39 is 0 Å². The van der Waals surface area contributed by atoms with Gasteiger partial charge >= 0.3 is 0 Å². The van der Waals surface area contributed by atoms with Gasteiger partial charge in [0.05, 0.1) is 12.8 Å². The summed E-state index contributed by atoms with van der Waals surface area (Å²) in [6, 6.07) is 4.82. The molecule has 0 aliphatic rings. The van der Waals surface area contributed by atoms with Crippen molar-refractivity contribution < 1.29 is 4.74 Å². The lowest BCUT2D eigenvalue weighted by Crippen LogP contribution is -1.82. The van der Waals surface area contributed by atoms with E-state index in [1.165, 1.54) is 7.11 Å². The van der Waals surface area contributed by atoms with Crippen LogP contribution in [0.4, 0.5) is 5.69 Å². The normalized spacial score (nSPS) is 8.83. The van der Waals surface area contributed by atoms with Crippen molar-refractivity contribution in [2.75, 3.05) is 7.11 Å². The molecule has 62 valence electrons. The maximum atomic E-state index is 8.18. The number of methoxy groups -OCH3 is 1. The van der Waals surface area contributed by atoms with E-state index in [-0.39, 0.29) is 0 Å². The first-order valence-corrected chi connectivity index (χ1v) is 3.54. The van der Waals surface area contributed by atoms with Crippen molar-refractivity contribution in [2.45, 2.75) is 0 Å². The highest BCUT2D eigenvalue weighted by Gasteiger charge is 1.99. The number of hydrogen-bond donors (Lipinski definition) is 0. The molecule has 0 saturated heterocycles. The van der Waals surface area contributed by atoms with Gasteiger partial charge in [-0.15, -0.1) is 0 Å². The number of benzene rings is 1. The molecule has 0 aliphatic carbocycles. The van der Waals surface area contributed by atoms with E-state index >= 15 is 0 Å². The number of nitrogens with zero attached hydrogens (tertiary/aromatic N) is 3. The summed E-state index contributed by atoms with van der Waals surface area (Å²) in [6.07, 6.45) is 0. The van der Waals surface area contributed by atoms with E-state index in [4.69, 9.17) is 21.9 Å². The Balaban J connectivity index is 3.19. The van der Waals surface area contributed by atoms with Crippen molar-refractivity contribution >= 4 is 17.3 Å². The highest BCUT2D eigenvalue weighted by atomic mass is 35.5. The highest BCUT2D eigenvalue weighted by Crippen LogP contribution is 2.30. The summed E-state index contributed by atoms with van der Waals surface area (Å²) in [4.78, 5) is 2.65. The molecular weight excluding hydrogens is 178 g/mol. The van der Waals surface area contributed by atoms with Crippen LogP contribution in [-0.2, 0) is 0 Å². The molecule has 0 fully saturated rings. The van der Waals surface area contributed by atoms with Crippen LogP contribution in [0.1, 0.15) is 0 Å². The molecule has 0 saturated carbocycles. The molecule has 0 atom stereocenters. The first-order valence-electron chi connectivity index (χ1n) is 3.16. The van der Waals surface area contributed by atoms with Crippen molar-refractivity contribution in [2.24, 2.45) is 5.11 Å². The van der Waals surface area contributed by atoms with E-state index in [9.17, 15) is 0 Å². The van der Waals surface area contributed by atoms with Gasteiger partial charge in [-0.25, -0.2) is 0 Å². The monoisotopic (exact) mass is 183 g/mol. The zero-order valence-corrected chi connectivity index (χ0v) is 7.12. The molecule has 0 bridgehead atoms. The predicted molar refractivity (Wildman–Crippen MR) is 46.8 cm³/mol. The van der Waals surface area contributed by atoms with Crippen LogP contribution >= 0.6 is 11.6 Å². The summed E-state index contributed by atoms with van der Waals surface area (Å²) in [5.41, 5.74) is 8.61. The maximum Gasteiger partial charge on any atom is 0.129 e. The van der Waals surface area contributed by atoms with Crippen molar-refractivity contribution in [1.82, 2.24) is 0 Å². The molecule has 1 aromatic carbocycles. The summed E-state index contributed by atoms with van der Waals surface area (Å²) in [6.45, 7) is 0. The van der Waals surface area contributed by atoms with Crippen molar-refractivity contribution in [3.05, 3.63) is 33.7 Å². The van der Waals surface area contributed by atoms with Gasteiger partial charge < -0.3 is 4.74 Å². The van der Waals surface area contributed by atoms with Crippen LogP contribution in [0.15, 0.2) is 23.3 Å². The molecule has 1 aromatic rings. The summed E-state index contributed by atoms with van der Waals surface area (Å²) in [5, 5.41) is 3.96. The second-order valence-corrected chi connectivity index (χ2v) is 2.44. The van der Waals surface area contributed by atoms with E-state index in [0.717, 1.165) is 0 Å². The number of rotatable bonds is 2. The molecule has 5 heteroatoms. The summed E-state index contributed by atoms with van der Waals surface area (Å²) < 4.78 is 4.93. The maximum absolute atomic E-state index is 8.18. The number of halogens is 1. The fourth-order valence-electron chi connectivity index (χ4n) is 0.782. The molecule has 1 rings (SSSR count). The second-order valence-electron chi connectivity index (χ2n) is 2.01. The van der Waals surface area contributed by atoms with E-state index in [2.05, 4.69) is 10.0 Å². The van der Waals surface area contributed by atoms with Gasteiger partial charge in [0, 0.05) is 9.93 Å². The van der Waals surface area contributed by atoms with Crippen LogP contribution in [0.25, 0.3) is 10.4 Å². The average molecular weight is 184 g/mol. The Bertz CT molecular complexity index is 333. The molecule has 0 radical (unpaired) electrons. The molecule has 0 aliphatic heterocycles. The lowest BCUT2D eigenvalue weighted by atomic mass is 10.3. The Morgan fingerprint density at radius 1 is 1.58 bits per heavy atom. The van der Waals surface area contributed by atoms with Crippen molar-refractivity contribution in [3.8, 4) is 5.75 Å². The SMILES string of the molecule is COc1cc(Cl)ccc1N=[N+]=[N-]. The van der Waals surface area contributed by atoms with Crippen LogP contribution < -0.4 is 4.74 Å². The fraction of sp³-hybridized carbons (Fsp3) is 0.143. The minimum Gasteiger partial charge on any atom is -0.496 e. The van der Waals surface area contributed by atoms with Gasteiger partial charge in [0.1, 0.15) is 5.75 Å². The minimum atomic E-state index is 0.435. The molecule has 0 aromatic heterocycles. The molecule has 0 heterocycles. The average Bonchev–Trinajstić information content (AvgIpc) is 2.08. The molecule has 0 unspecified atom stereocenters. The number of ether oxygens (including phenoxy) is 1. The van der Waals surface area contributed by atoms with Gasteiger partial charge in [0.15, 0.2) is 0 Å².